The lowest BCUT2D eigenvalue weighted by Crippen LogP contribution is -2.24. The summed E-state index contributed by atoms with van der Waals surface area (Å²) >= 11 is 5.74. The van der Waals surface area contributed by atoms with Crippen molar-refractivity contribution in [2.75, 3.05) is 6.61 Å². The van der Waals surface area contributed by atoms with Crippen LogP contribution in [0.15, 0.2) is 45.9 Å². The van der Waals surface area contributed by atoms with E-state index < -0.39 is 0 Å². The predicted octanol–water partition coefficient (Wildman–Crippen LogP) is 2.77. The maximum absolute atomic E-state index is 11.5. The molecule has 20 heavy (non-hydrogen) atoms. The van der Waals surface area contributed by atoms with Crippen molar-refractivity contribution in [2.24, 2.45) is 5.10 Å². The van der Waals surface area contributed by atoms with Crippen molar-refractivity contribution in [3.8, 4) is 5.75 Å². The summed E-state index contributed by atoms with van der Waals surface area (Å²) in [6.07, 6.45) is 1.42. The fraction of sp³-hybridized carbons (Fsp3) is 0.143. The highest BCUT2D eigenvalue weighted by Crippen LogP contribution is 2.15. The number of aryl methyl sites for hydroxylation is 1. The zero-order valence-electron chi connectivity index (χ0n) is 10.8. The second kappa shape index (κ2) is 6.77. The maximum atomic E-state index is 11.5. The number of carbonyl (C=O) groups is 1. The summed E-state index contributed by atoms with van der Waals surface area (Å²) in [5.74, 6) is 1.56. The molecular weight excluding hydrogens is 280 g/mol. The van der Waals surface area contributed by atoms with Gasteiger partial charge in [0, 0.05) is 5.02 Å². The molecular formula is C14H13ClN2O3. The van der Waals surface area contributed by atoms with Gasteiger partial charge in [-0.2, -0.15) is 5.10 Å². The van der Waals surface area contributed by atoms with Crippen LogP contribution < -0.4 is 10.2 Å². The van der Waals surface area contributed by atoms with Gasteiger partial charge in [-0.3, -0.25) is 4.79 Å². The SMILES string of the molecule is Cc1ccc(/C=N/NC(=O)COc2ccc(Cl)cc2)o1. The number of amides is 1. The summed E-state index contributed by atoms with van der Waals surface area (Å²) in [7, 11) is 0. The zero-order chi connectivity index (χ0) is 14.4. The third-order valence-electron chi connectivity index (χ3n) is 2.33. The Morgan fingerprint density at radius 1 is 1.35 bits per heavy atom. The molecule has 0 saturated heterocycles. The van der Waals surface area contributed by atoms with Gasteiger partial charge in [0.2, 0.25) is 0 Å². The Labute approximate surface area is 121 Å². The first-order valence-electron chi connectivity index (χ1n) is 5.90. The number of benzene rings is 1. The minimum Gasteiger partial charge on any atom is -0.484 e. The van der Waals surface area contributed by atoms with E-state index in [0.29, 0.717) is 16.5 Å². The van der Waals surface area contributed by atoms with Crippen LogP contribution in [-0.4, -0.2) is 18.7 Å². The number of hydrogen-bond donors (Lipinski definition) is 1. The Bertz CT molecular complexity index is 605. The Morgan fingerprint density at radius 3 is 2.75 bits per heavy atom. The third kappa shape index (κ3) is 4.44. The van der Waals surface area contributed by atoms with E-state index >= 15 is 0 Å². The van der Waals surface area contributed by atoms with Crippen LogP contribution >= 0.6 is 11.6 Å². The number of halogens is 1. The van der Waals surface area contributed by atoms with Crippen LogP contribution in [0.3, 0.4) is 0 Å². The molecule has 0 atom stereocenters. The molecule has 0 bridgehead atoms. The molecule has 0 aliphatic carbocycles. The van der Waals surface area contributed by atoms with Crippen LogP contribution in [0.2, 0.25) is 5.02 Å². The van der Waals surface area contributed by atoms with Gasteiger partial charge in [-0.25, -0.2) is 5.43 Å². The molecule has 5 nitrogen and oxygen atoms in total. The van der Waals surface area contributed by atoms with E-state index in [0.717, 1.165) is 5.76 Å². The Morgan fingerprint density at radius 2 is 2.10 bits per heavy atom. The molecule has 6 heteroatoms. The average molecular weight is 293 g/mol. The monoisotopic (exact) mass is 292 g/mol. The average Bonchev–Trinajstić information content (AvgIpc) is 2.84. The molecule has 1 N–H and O–H groups in total. The molecule has 1 aromatic carbocycles. The largest absolute Gasteiger partial charge is 0.484 e. The van der Waals surface area contributed by atoms with Crippen molar-refractivity contribution >= 4 is 23.7 Å². The minimum atomic E-state index is -0.362. The summed E-state index contributed by atoms with van der Waals surface area (Å²) < 4.78 is 10.5. The lowest BCUT2D eigenvalue weighted by Gasteiger charge is -2.04. The van der Waals surface area contributed by atoms with Crippen molar-refractivity contribution < 1.29 is 13.9 Å². The summed E-state index contributed by atoms with van der Waals surface area (Å²) in [6.45, 7) is 1.70. The van der Waals surface area contributed by atoms with Crippen LogP contribution in [0.1, 0.15) is 11.5 Å². The summed E-state index contributed by atoms with van der Waals surface area (Å²) in [5, 5.41) is 4.37. The van der Waals surface area contributed by atoms with Gasteiger partial charge >= 0.3 is 0 Å². The van der Waals surface area contributed by atoms with E-state index in [4.69, 9.17) is 20.8 Å². The van der Waals surface area contributed by atoms with Crippen LogP contribution in [0.25, 0.3) is 0 Å². The van der Waals surface area contributed by atoms with Crippen molar-refractivity contribution in [2.45, 2.75) is 6.92 Å². The first kappa shape index (κ1) is 14.1. The first-order chi connectivity index (χ1) is 9.63. The molecule has 0 saturated carbocycles. The zero-order valence-corrected chi connectivity index (χ0v) is 11.6. The van der Waals surface area contributed by atoms with E-state index in [1.54, 1.807) is 30.3 Å². The normalized spacial score (nSPS) is 10.7. The molecule has 1 heterocycles. The smallest absolute Gasteiger partial charge is 0.277 e. The fourth-order valence-electron chi connectivity index (χ4n) is 1.40. The predicted molar refractivity (Wildman–Crippen MR) is 76.1 cm³/mol. The van der Waals surface area contributed by atoms with Crippen molar-refractivity contribution in [1.29, 1.82) is 0 Å². The molecule has 1 aromatic heterocycles. The van der Waals surface area contributed by atoms with Crippen molar-refractivity contribution in [3.63, 3.8) is 0 Å². The van der Waals surface area contributed by atoms with E-state index in [1.807, 2.05) is 13.0 Å². The number of hydrazone groups is 1. The van der Waals surface area contributed by atoms with Gasteiger partial charge in [0.05, 0.1) is 6.21 Å². The minimum absolute atomic E-state index is 0.129. The van der Waals surface area contributed by atoms with E-state index in [9.17, 15) is 4.79 Å². The number of ether oxygens (including phenoxy) is 1. The highest BCUT2D eigenvalue weighted by molar-refractivity contribution is 6.30. The lowest BCUT2D eigenvalue weighted by molar-refractivity contribution is -0.123. The van der Waals surface area contributed by atoms with Crippen molar-refractivity contribution in [3.05, 3.63) is 52.9 Å². The molecule has 0 aliphatic rings. The van der Waals surface area contributed by atoms with Gasteiger partial charge in [0.25, 0.3) is 5.91 Å². The van der Waals surface area contributed by atoms with Crippen LogP contribution in [-0.2, 0) is 4.79 Å². The first-order valence-corrected chi connectivity index (χ1v) is 6.28. The standard InChI is InChI=1S/C14H13ClN2O3/c1-10-2-5-13(20-10)8-16-17-14(18)9-19-12-6-3-11(15)4-7-12/h2-8H,9H2,1H3,(H,17,18)/b16-8+. The third-order valence-corrected chi connectivity index (χ3v) is 2.58. The molecule has 0 unspecified atom stereocenters. The molecule has 0 fully saturated rings. The van der Waals surface area contributed by atoms with Crippen LogP contribution in [0, 0.1) is 6.92 Å². The number of hydrogen-bond acceptors (Lipinski definition) is 4. The Balaban J connectivity index is 1.75. The highest BCUT2D eigenvalue weighted by Gasteiger charge is 2.01. The number of carbonyl (C=O) groups excluding carboxylic acids is 1. The summed E-state index contributed by atoms with van der Waals surface area (Å²) in [5.41, 5.74) is 2.34. The molecule has 0 spiro atoms. The fourth-order valence-corrected chi connectivity index (χ4v) is 1.53. The summed E-state index contributed by atoms with van der Waals surface area (Å²) in [4.78, 5) is 11.5. The van der Waals surface area contributed by atoms with Gasteiger partial charge in [-0.15, -0.1) is 0 Å². The van der Waals surface area contributed by atoms with Gasteiger partial charge in [-0.1, -0.05) is 11.6 Å². The Kier molecular flexibility index (Phi) is 4.79. The maximum Gasteiger partial charge on any atom is 0.277 e. The Hall–Kier alpha value is -2.27. The van der Waals surface area contributed by atoms with Crippen LogP contribution in [0.4, 0.5) is 0 Å². The molecule has 1 amide bonds. The number of furan rings is 1. The second-order valence-electron chi connectivity index (χ2n) is 3.98. The number of nitrogens with zero attached hydrogens (tertiary/aromatic N) is 1. The van der Waals surface area contributed by atoms with Crippen molar-refractivity contribution in [1.82, 2.24) is 5.43 Å². The van der Waals surface area contributed by atoms with Gasteiger partial charge < -0.3 is 9.15 Å². The highest BCUT2D eigenvalue weighted by atomic mass is 35.5. The quantitative estimate of drug-likeness (QED) is 0.681. The molecule has 2 rings (SSSR count). The topological polar surface area (TPSA) is 63.8 Å². The number of nitrogens with one attached hydrogen (secondary N) is 1. The second-order valence-corrected chi connectivity index (χ2v) is 4.42. The van der Waals surface area contributed by atoms with Crippen LogP contribution in [0.5, 0.6) is 5.75 Å². The van der Waals surface area contributed by atoms with E-state index in [-0.39, 0.29) is 12.5 Å². The molecule has 104 valence electrons. The van der Waals surface area contributed by atoms with Gasteiger partial charge in [0.15, 0.2) is 6.61 Å². The molecule has 2 aromatic rings. The van der Waals surface area contributed by atoms with E-state index in [2.05, 4.69) is 10.5 Å². The van der Waals surface area contributed by atoms with Gasteiger partial charge in [-0.05, 0) is 43.3 Å². The lowest BCUT2D eigenvalue weighted by atomic mass is 10.3. The molecule has 0 aliphatic heterocycles. The van der Waals surface area contributed by atoms with Gasteiger partial charge in [0.1, 0.15) is 17.3 Å². The van der Waals surface area contributed by atoms with E-state index in [1.165, 1.54) is 6.21 Å². The molecule has 0 radical (unpaired) electrons. The summed E-state index contributed by atoms with van der Waals surface area (Å²) in [6, 6.07) is 10.3. The number of rotatable bonds is 5.